The van der Waals surface area contributed by atoms with Crippen LogP contribution in [0, 0.1) is 0 Å². The summed E-state index contributed by atoms with van der Waals surface area (Å²) < 4.78 is 11.4. The SMILES string of the molecule is CC/C(=C/F)C(N)=O. The largest absolute Gasteiger partial charge is 0.366 e. The van der Waals surface area contributed by atoms with Gasteiger partial charge in [-0.15, -0.1) is 0 Å². The second kappa shape index (κ2) is 3.18. The molecule has 0 saturated heterocycles. The van der Waals surface area contributed by atoms with Crippen LogP contribution in [0.4, 0.5) is 4.39 Å². The first-order valence-corrected chi connectivity index (χ1v) is 2.31. The molecule has 2 nitrogen and oxygen atoms in total. The Bertz CT molecular complexity index is 120. The number of amides is 1. The monoisotopic (exact) mass is 117 g/mol. The van der Waals surface area contributed by atoms with Gasteiger partial charge < -0.3 is 5.73 Å². The Balaban J connectivity index is 3.92. The summed E-state index contributed by atoms with van der Waals surface area (Å²) in [5, 5.41) is 0. The summed E-state index contributed by atoms with van der Waals surface area (Å²) in [6.07, 6.45) is 0.591. The van der Waals surface area contributed by atoms with Gasteiger partial charge in [-0.3, -0.25) is 4.79 Å². The van der Waals surface area contributed by atoms with Crippen molar-refractivity contribution in [1.82, 2.24) is 0 Å². The number of hydrogen-bond donors (Lipinski definition) is 1. The first-order chi connectivity index (χ1) is 3.72. The van der Waals surface area contributed by atoms with Crippen LogP contribution >= 0.6 is 0 Å². The van der Waals surface area contributed by atoms with Gasteiger partial charge in [0.15, 0.2) is 0 Å². The van der Waals surface area contributed by atoms with Gasteiger partial charge in [0.05, 0.1) is 6.33 Å². The van der Waals surface area contributed by atoms with E-state index in [1.165, 1.54) is 0 Å². The van der Waals surface area contributed by atoms with E-state index in [0.717, 1.165) is 0 Å². The molecule has 0 aromatic rings. The Kier molecular flexibility index (Phi) is 2.84. The smallest absolute Gasteiger partial charge is 0.246 e. The summed E-state index contributed by atoms with van der Waals surface area (Å²) in [5.74, 6) is -0.685. The Hall–Kier alpha value is -0.860. The molecule has 46 valence electrons. The molecule has 1 amide bonds. The fourth-order valence-corrected chi connectivity index (χ4v) is 0.305. The molecule has 0 heterocycles. The van der Waals surface area contributed by atoms with E-state index in [2.05, 4.69) is 0 Å². The number of halogens is 1. The Labute approximate surface area is 47.2 Å². The van der Waals surface area contributed by atoms with Crippen molar-refractivity contribution in [1.29, 1.82) is 0 Å². The van der Waals surface area contributed by atoms with E-state index in [0.29, 0.717) is 6.42 Å². The van der Waals surface area contributed by atoms with E-state index in [1.54, 1.807) is 6.92 Å². The maximum absolute atomic E-state index is 11.4. The maximum atomic E-state index is 11.4. The van der Waals surface area contributed by atoms with Gasteiger partial charge in [-0.25, -0.2) is 4.39 Å². The Morgan fingerprint density at radius 3 is 2.38 bits per heavy atom. The highest BCUT2D eigenvalue weighted by Gasteiger charge is 1.98. The average molecular weight is 117 g/mol. The fraction of sp³-hybridized carbons (Fsp3) is 0.400. The van der Waals surface area contributed by atoms with E-state index >= 15 is 0 Å². The molecule has 0 saturated carbocycles. The van der Waals surface area contributed by atoms with Crippen molar-refractivity contribution in [3.63, 3.8) is 0 Å². The zero-order valence-electron chi connectivity index (χ0n) is 4.65. The van der Waals surface area contributed by atoms with E-state index in [4.69, 9.17) is 5.73 Å². The standard InChI is InChI=1S/C5H8FNO/c1-2-4(3-6)5(7)8/h3H,2H2,1H3,(H2,7,8)/b4-3-. The molecule has 0 aromatic carbocycles. The first-order valence-electron chi connectivity index (χ1n) is 2.31. The molecule has 0 aliphatic heterocycles. The molecule has 0 atom stereocenters. The summed E-state index contributed by atoms with van der Waals surface area (Å²) in [4.78, 5) is 10.1. The highest BCUT2D eigenvalue weighted by atomic mass is 19.1. The van der Waals surface area contributed by atoms with E-state index in [9.17, 15) is 9.18 Å². The van der Waals surface area contributed by atoms with Crippen molar-refractivity contribution in [2.75, 3.05) is 0 Å². The molecule has 0 radical (unpaired) electrons. The number of hydrogen-bond acceptors (Lipinski definition) is 1. The third kappa shape index (κ3) is 1.73. The Morgan fingerprint density at radius 1 is 1.88 bits per heavy atom. The second-order valence-corrected chi connectivity index (χ2v) is 1.35. The lowest BCUT2D eigenvalue weighted by Gasteiger charge is -1.90. The summed E-state index contributed by atoms with van der Waals surface area (Å²) >= 11 is 0. The van der Waals surface area contributed by atoms with Gasteiger partial charge in [-0.05, 0) is 6.42 Å². The number of primary amides is 1. The van der Waals surface area contributed by atoms with Gasteiger partial charge in [-0.2, -0.15) is 0 Å². The predicted molar refractivity (Wildman–Crippen MR) is 28.7 cm³/mol. The number of carbonyl (C=O) groups excluding carboxylic acids is 1. The fourth-order valence-electron chi connectivity index (χ4n) is 0.305. The maximum Gasteiger partial charge on any atom is 0.246 e. The molecule has 0 aromatic heterocycles. The molecular formula is C5H8FNO. The number of rotatable bonds is 2. The van der Waals surface area contributed by atoms with Gasteiger partial charge >= 0.3 is 0 Å². The van der Waals surface area contributed by atoms with Crippen molar-refractivity contribution in [2.45, 2.75) is 13.3 Å². The van der Waals surface area contributed by atoms with Crippen LogP contribution in [-0.2, 0) is 4.79 Å². The minimum Gasteiger partial charge on any atom is -0.366 e. The van der Waals surface area contributed by atoms with Crippen LogP contribution in [-0.4, -0.2) is 5.91 Å². The zero-order valence-corrected chi connectivity index (χ0v) is 4.65. The van der Waals surface area contributed by atoms with Gasteiger partial charge in [0.1, 0.15) is 0 Å². The zero-order chi connectivity index (χ0) is 6.57. The lowest BCUT2D eigenvalue weighted by Crippen LogP contribution is -2.12. The second-order valence-electron chi connectivity index (χ2n) is 1.35. The van der Waals surface area contributed by atoms with Gasteiger partial charge in [-0.1, -0.05) is 6.92 Å². The van der Waals surface area contributed by atoms with Gasteiger partial charge in [0.25, 0.3) is 0 Å². The number of nitrogens with two attached hydrogens (primary N) is 1. The lowest BCUT2D eigenvalue weighted by atomic mass is 10.2. The molecule has 0 aliphatic rings. The molecule has 0 rings (SSSR count). The number of carbonyl (C=O) groups is 1. The molecule has 3 heteroatoms. The Morgan fingerprint density at radius 2 is 2.38 bits per heavy atom. The van der Waals surface area contributed by atoms with Crippen molar-refractivity contribution < 1.29 is 9.18 Å². The molecule has 0 spiro atoms. The van der Waals surface area contributed by atoms with Crippen LogP contribution in [0.15, 0.2) is 11.9 Å². The van der Waals surface area contributed by atoms with Gasteiger partial charge in [0, 0.05) is 5.57 Å². The molecular weight excluding hydrogens is 109 g/mol. The summed E-state index contributed by atoms with van der Waals surface area (Å²) in [5.41, 5.74) is 4.74. The minimum absolute atomic E-state index is 0.0324. The summed E-state index contributed by atoms with van der Waals surface area (Å²) in [7, 11) is 0. The molecule has 2 N–H and O–H groups in total. The highest BCUT2D eigenvalue weighted by molar-refractivity contribution is 5.91. The van der Waals surface area contributed by atoms with E-state index in [1.807, 2.05) is 0 Å². The third-order valence-electron chi connectivity index (χ3n) is 0.829. The quantitative estimate of drug-likeness (QED) is 0.532. The van der Waals surface area contributed by atoms with E-state index < -0.39 is 5.91 Å². The molecule has 8 heavy (non-hydrogen) atoms. The molecule has 0 fully saturated rings. The molecule has 0 aliphatic carbocycles. The minimum atomic E-state index is -0.685. The van der Waals surface area contributed by atoms with Crippen molar-refractivity contribution in [3.05, 3.63) is 11.9 Å². The molecule has 0 unspecified atom stereocenters. The topological polar surface area (TPSA) is 43.1 Å². The third-order valence-corrected chi connectivity index (χ3v) is 0.829. The van der Waals surface area contributed by atoms with Crippen LogP contribution in [0.2, 0.25) is 0 Å². The summed E-state index contributed by atoms with van der Waals surface area (Å²) in [6, 6.07) is 0. The highest BCUT2D eigenvalue weighted by Crippen LogP contribution is 1.97. The summed E-state index contributed by atoms with van der Waals surface area (Å²) in [6.45, 7) is 1.66. The van der Waals surface area contributed by atoms with Crippen LogP contribution in [0.1, 0.15) is 13.3 Å². The lowest BCUT2D eigenvalue weighted by molar-refractivity contribution is -0.114. The van der Waals surface area contributed by atoms with Crippen LogP contribution in [0.3, 0.4) is 0 Å². The molecule has 0 bridgehead atoms. The van der Waals surface area contributed by atoms with Crippen LogP contribution in [0.5, 0.6) is 0 Å². The van der Waals surface area contributed by atoms with Crippen LogP contribution < -0.4 is 5.73 Å². The van der Waals surface area contributed by atoms with Crippen molar-refractivity contribution in [2.24, 2.45) is 5.73 Å². The van der Waals surface area contributed by atoms with Crippen molar-refractivity contribution in [3.8, 4) is 0 Å². The van der Waals surface area contributed by atoms with Crippen LogP contribution in [0.25, 0.3) is 0 Å². The van der Waals surface area contributed by atoms with Gasteiger partial charge in [0.2, 0.25) is 5.91 Å². The average Bonchev–Trinajstić information content (AvgIpc) is 1.69. The van der Waals surface area contributed by atoms with E-state index in [-0.39, 0.29) is 11.9 Å². The normalized spacial score (nSPS) is 11.5. The first kappa shape index (κ1) is 7.14. The predicted octanol–water partition coefficient (Wildman–Crippen LogP) is 0.735. The van der Waals surface area contributed by atoms with Crippen molar-refractivity contribution >= 4 is 5.91 Å².